The van der Waals surface area contributed by atoms with Crippen LogP contribution in [0.25, 0.3) is 0 Å². The van der Waals surface area contributed by atoms with Crippen molar-refractivity contribution in [2.45, 2.75) is 26.7 Å². The molecule has 16 heavy (non-hydrogen) atoms. The lowest BCUT2D eigenvalue weighted by atomic mass is 10.2. The fraction of sp³-hybridized carbons (Fsp3) is 0.462. The zero-order valence-corrected chi connectivity index (χ0v) is 10.3. The van der Waals surface area contributed by atoms with Crippen LogP contribution in [0.4, 0.5) is 10.5 Å². The van der Waals surface area contributed by atoms with Gasteiger partial charge >= 0.3 is 6.03 Å². The molecule has 0 aliphatic carbocycles. The molecule has 0 fully saturated rings. The molecule has 0 unspecified atom stereocenters. The first-order valence-corrected chi connectivity index (χ1v) is 5.73. The number of benzene rings is 1. The summed E-state index contributed by atoms with van der Waals surface area (Å²) in [5.74, 6) is 0. The highest BCUT2D eigenvalue weighted by Crippen LogP contribution is 2.13. The number of carbonyl (C=O) groups excluding carboxylic acids is 1. The molecule has 0 saturated carbocycles. The van der Waals surface area contributed by atoms with E-state index in [4.69, 9.17) is 0 Å². The molecule has 1 aromatic carbocycles. The van der Waals surface area contributed by atoms with Crippen LogP contribution < -0.4 is 5.32 Å². The van der Waals surface area contributed by atoms with Crippen LogP contribution in [0.2, 0.25) is 0 Å². The van der Waals surface area contributed by atoms with E-state index in [1.54, 1.807) is 4.90 Å². The fourth-order valence-electron chi connectivity index (χ4n) is 1.42. The summed E-state index contributed by atoms with van der Waals surface area (Å²) in [4.78, 5) is 13.5. The number of aryl methyl sites for hydroxylation is 1. The van der Waals surface area contributed by atoms with E-state index in [0.29, 0.717) is 0 Å². The molecule has 88 valence electrons. The van der Waals surface area contributed by atoms with Crippen LogP contribution in [0.1, 0.15) is 25.3 Å². The largest absolute Gasteiger partial charge is 0.328 e. The van der Waals surface area contributed by atoms with Gasteiger partial charge in [0.25, 0.3) is 0 Å². The van der Waals surface area contributed by atoms with Crippen LogP contribution in [0, 0.1) is 6.92 Å². The van der Waals surface area contributed by atoms with Crippen molar-refractivity contribution in [1.29, 1.82) is 0 Å². The zero-order chi connectivity index (χ0) is 12.0. The first-order chi connectivity index (χ1) is 7.65. The maximum absolute atomic E-state index is 11.8. The van der Waals surface area contributed by atoms with E-state index in [1.807, 2.05) is 38.2 Å². The minimum atomic E-state index is -0.0391. The number of nitrogens with one attached hydrogen (secondary N) is 1. The van der Waals surface area contributed by atoms with E-state index in [1.165, 1.54) is 0 Å². The number of rotatable bonds is 4. The summed E-state index contributed by atoms with van der Waals surface area (Å²) in [6, 6.07) is 7.76. The van der Waals surface area contributed by atoms with Crippen molar-refractivity contribution in [2.75, 3.05) is 18.9 Å². The average molecular weight is 220 g/mol. The Kier molecular flexibility index (Phi) is 4.83. The van der Waals surface area contributed by atoms with Gasteiger partial charge in [0.1, 0.15) is 0 Å². The first-order valence-electron chi connectivity index (χ1n) is 5.73. The quantitative estimate of drug-likeness (QED) is 0.830. The van der Waals surface area contributed by atoms with Gasteiger partial charge in [-0.05, 0) is 25.0 Å². The van der Waals surface area contributed by atoms with E-state index in [-0.39, 0.29) is 6.03 Å². The van der Waals surface area contributed by atoms with Gasteiger partial charge in [0.15, 0.2) is 0 Å². The molecule has 0 aliphatic rings. The molecule has 0 heterocycles. The first kappa shape index (κ1) is 12.6. The summed E-state index contributed by atoms with van der Waals surface area (Å²) in [5, 5.41) is 2.91. The monoisotopic (exact) mass is 220 g/mol. The highest BCUT2D eigenvalue weighted by molar-refractivity contribution is 5.89. The van der Waals surface area contributed by atoms with Crippen LogP contribution in [0.3, 0.4) is 0 Å². The number of hydrogen-bond donors (Lipinski definition) is 1. The third kappa shape index (κ3) is 3.57. The predicted octanol–water partition coefficient (Wildman–Crippen LogP) is 3.26. The van der Waals surface area contributed by atoms with Gasteiger partial charge < -0.3 is 10.2 Å². The lowest BCUT2D eigenvalue weighted by Crippen LogP contribution is -2.32. The molecule has 1 N–H and O–H groups in total. The highest BCUT2D eigenvalue weighted by atomic mass is 16.2. The van der Waals surface area contributed by atoms with Gasteiger partial charge in [-0.25, -0.2) is 4.79 Å². The molecule has 0 atom stereocenters. The Morgan fingerprint density at radius 3 is 2.69 bits per heavy atom. The lowest BCUT2D eigenvalue weighted by molar-refractivity contribution is 0.222. The van der Waals surface area contributed by atoms with Gasteiger partial charge in [0.2, 0.25) is 0 Å². The number of urea groups is 1. The van der Waals surface area contributed by atoms with Crippen molar-refractivity contribution in [3.63, 3.8) is 0 Å². The second-order valence-corrected chi connectivity index (χ2v) is 4.02. The topological polar surface area (TPSA) is 32.3 Å². The Morgan fingerprint density at radius 1 is 1.38 bits per heavy atom. The van der Waals surface area contributed by atoms with E-state index < -0.39 is 0 Å². The third-order valence-corrected chi connectivity index (χ3v) is 2.58. The maximum Gasteiger partial charge on any atom is 0.321 e. The molecule has 0 aromatic heterocycles. The van der Waals surface area contributed by atoms with Crippen molar-refractivity contribution in [2.24, 2.45) is 0 Å². The van der Waals surface area contributed by atoms with Crippen LogP contribution in [0.5, 0.6) is 0 Å². The van der Waals surface area contributed by atoms with Gasteiger partial charge in [-0.1, -0.05) is 31.5 Å². The predicted molar refractivity (Wildman–Crippen MR) is 67.7 cm³/mol. The van der Waals surface area contributed by atoms with Crippen LogP contribution >= 0.6 is 0 Å². The second kappa shape index (κ2) is 6.16. The Balaban J connectivity index is 2.54. The maximum atomic E-state index is 11.8. The Labute approximate surface area is 97.5 Å². The van der Waals surface area contributed by atoms with E-state index in [2.05, 4.69) is 12.2 Å². The number of unbranched alkanes of at least 4 members (excludes halogenated alkanes) is 1. The summed E-state index contributed by atoms with van der Waals surface area (Å²) in [6.07, 6.45) is 2.14. The van der Waals surface area contributed by atoms with Crippen molar-refractivity contribution >= 4 is 11.7 Å². The summed E-state index contributed by atoms with van der Waals surface area (Å²) in [6.45, 7) is 4.91. The van der Waals surface area contributed by atoms with Crippen molar-refractivity contribution in [3.05, 3.63) is 29.8 Å². The molecular weight excluding hydrogens is 200 g/mol. The van der Waals surface area contributed by atoms with Gasteiger partial charge in [0, 0.05) is 19.3 Å². The van der Waals surface area contributed by atoms with Crippen molar-refractivity contribution in [1.82, 2.24) is 4.90 Å². The lowest BCUT2D eigenvalue weighted by Gasteiger charge is -2.18. The number of para-hydroxylation sites is 1. The van der Waals surface area contributed by atoms with Crippen LogP contribution in [-0.4, -0.2) is 24.5 Å². The molecule has 0 saturated heterocycles. The van der Waals surface area contributed by atoms with Gasteiger partial charge in [-0.2, -0.15) is 0 Å². The molecule has 1 rings (SSSR count). The minimum Gasteiger partial charge on any atom is -0.328 e. The van der Waals surface area contributed by atoms with Crippen LogP contribution in [0.15, 0.2) is 24.3 Å². The molecule has 1 aromatic rings. The number of amides is 2. The average Bonchev–Trinajstić information content (AvgIpc) is 2.28. The highest BCUT2D eigenvalue weighted by Gasteiger charge is 2.08. The number of nitrogens with zero attached hydrogens (tertiary/aromatic N) is 1. The van der Waals surface area contributed by atoms with Crippen molar-refractivity contribution in [3.8, 4) is 0 Å². The molecular formula is C13H20N2O. The van der Waals surface area contributed by atoms with Gasteiger partial charge in [0.05, 0.1) is 0 Å². The summed E-state index contributed by atoms with van der Waals surface area (Å²) in [5.41, 5.74) is 1.97. The smallest absolute Gasteiger partial charge is 0.321 e. The Bertz CT molecular complexity index is 350. The summed E-state index contributed by atoms with van der Waals surface area (Å²) < 4.78 is 0. The number of anilines is 1. The van der Waals surface area contributed by atoms with Crippen molar-refractivity contribution < 1.29 is 4.79 Å². The van der Waals surface area contributed by atoms with E-state index in [0.717, 1.165) is 30.6 Å². The Hall–Kier alpha value is -1.51. The van der Waals surface area contributed by atoms with Crippen LogP contribution in [-0.2, 0) is 0 Å². The second-order valence-electron chi connectivity index (χ2n) is 4.02. The third-order valence-electron chi connectivity index (χ3n) is 2.58. The van der Waals surface area contributed by atoms with E-state index in [9.17, 15) is 4.79 Å². The Morgan fingerprint density at radius 2 is 2.06 bits per heavy atom. The molecule has 2 amide bonds. The normalized spacial score (nSPS) is 9.94. The zero-order valence-electron chi connectivity index (χ0n) is 10.3. The van der Waals surface area contributed by atoms with Gasteiger partial charge in [-0.3, -0.25) is 0 Å². The molecule has 0 radical (unpaired) electrons. The fourth-order valence-corrected chi connectivity index (χ4v) is 1.42. The van der Waals surface area contributed by atoms with Gasteiger partial charge in [-0.15, -0.1) is 0 Å². The number of hydrogen-bond acceptors (Lipinski definition) is 1. The molecule has 0 bridgehead atoms. The minimum absolute atomic E-state index is 0.0391. The molecule has 3 heteroatoms. The summed E-state index contributed by atoms with van der Waals surface area (Å²) >= 11 is 0. The standard InChI is InChI=1S/C13H20N2O/c1-4-5-10-15(3)13(16)14-12-9-7-6-8-11(12)2/h6-9H,4-5,10H2,1-3H3,(H,14,16). The molecule has 0 spiro atoms. The molecule has 0 aliphatic heterocycles. The number of carbonyl (C=O) groups is 1. The molecule has 3 nitrogen and oxygen atoms in total. The SMILES string of the molecule is CCCCN(C)C(=O)Nc1ccccc1C. The summed E-state index contributed by atoms with van der Waals surface area (Å²) in [7, 11) is 1.82. The van der Waals surface area contributed by atoms with E-state index >= 15 is 0 Å².